The standard InChI is InChI=1S/C10H15NO2.ClH/c1-11-8-10(12,13)7-9-5-3-2-4-6-9;/h2-6,11-13H,7-8H2,1H3;1H. The van der Waals surface area contributed by atoms with Gasteiger partial charge in [0.15, 0.2) is 5.79 Å². The lowest BCUT2D eigenvalue weighted by molar-refractivity contribution is -0.154. The van der Waals surface area contributed by atoms with Crippen LogP contribution in [0.3, 0.4) is 0 Å². The number of nitrogens with one attached hydrogen (secondary N) is 1. The van der Waals surface area contributed by atoms with E-state index in [2.05, 4.69) is 5.32 Å². The third kappa shape index (κ3) is 4.58. The van der Waals surface area contributed by atoms with Gasteiger partial charge in [-0.25, -0.2) is 0 Å². The summed E-state index contributed by atoms with van der Waals surface area (Å²) in [7, 11) is 1.69. The lowest BCUT2D eigenvalue weighted by atomic mass is 10.1. The van der Waals surface area contributed by atoms with Crippen molar-refractivity contribution in [1.29, 1.82) is 0 Å². The van der Waals surface area contributed by atoms with E-state index in [0.717, 1.165) is 5.56 Å². The van der Waals surface area contributed by atoms with Gasteiger partial charge in [-0.05, 0) is 12.6 Å². The van der Waals surface area contributed by atoms with Crippen molar-refractivity contribution in [3.63, 3.8) is 0 Å². The molecule has 80 valence electrons. The molecule has 0 atom stereocenters. The smallest absolute Gasteiger partial charge is 0.179 e. The molecule has 3 nitrogen and oxygen atoms in total. The monoisotopic (exact) mass is 217 g/mol. The van der Waals surface area contributed by atoms with Crippen LogP contribution in [0.1, 0.15) is 5.56 Å². The molecule has 0 heterocycles. The van der Waals surface area contributed by atoms with Crippen LogP contribution in [0.25, 0.3) is 0 Å². The maximum Gasteiger partial charge on any atom is 0.179 e. The van der Waals surface area contributed by atoms with E-state index in [4.69, 9.17) is 0 Å². The number of aliphatic hydroxyl groups is 2. The quantitative estimate of drug-likeness (QED) is 0.646. The van der Waals surface area contributed by atoms with Crippen LogP contribution in [0.4, 0.5) is 0 Å². The molecule has 3 N–H and O–H groups in total. The molecule has 0 saturated carbocycles. The van der Waals surface area contributed by atoms with Crippen molar-refractivity contribution in [3.8, 4) is 0 Å². The van der Waals surface area contributed by atoms with Gasteiger partial charge in [0.25, 0.3) is 0 Å². The summed E-state index contributed by atoms with van der Waals surface area (Å²) in [5.41, 5.74) is 0.919. The first kappa shape index (κ1) is 13.4. The number of benzene rings is 1. The highest BCUT2D eigenvalue weighted by atomic mass is 35.5. The third-order valence-electron chi connectivity index (χ3n) is 1.79. The molecule has 0 saturated heterocycles. The van der Waals surface area contributed by atoms with Gasteiger partial charge in [0.1, 0.15) is 0 Å². The maximum absolute atomic E-state index is 9.46. The Labute approximate surface area is 90.2 Å². The topological polar surface area (TPSA) is 52.5 Å². The van der Waals surface area contributed by atoms with Crippen LogP contribution < -0.4 is 5.32 Å². The van der Waals surface area contributed by atoms with Crippen LogP contribution in [0.5, 0.6) is 0 Å². The summed E-state index contributed by atoms with van der Waals surface area (Å²) in [4.78, 5) is 0. The van der Waals surface area contributed by atoms with Gasteiger partial charge in [0.05, 0.1) is 0 Å². The van der Waals surface area contributed by atoms with Gasteiger partial charge < -0.3 is 15.5 Å². The Kier molecular flexibility index (Phi) is 5.72. The highest BCUT2D eigenvalue weighted by Crippen LogP contribution is 2.09. The average Bonchev–Trinajstić information content (AvgIpc) is 2.04. The molecule has 0 spiro atoms. The first-order valence-electron chi connectivity index (χ1n) is 4.27. The number of likely N-dealkylation sites (N-methyl/N-ethyl adjacent to an activating group) is 1. The van der Waals surface area contributed by atoms with E-state index in [1.165, 1.54) is 0 Å². The Morgan fingerprint density at radius 1 is 1.21 bits per heavy atom. The zero-order valence-corrected chi connectivity index (χ0v) is 8.92. The molecule has 0 aliphatic rings. The molecule has 0 aliphatic heterocycles. The predicted octanol–water partition coefficient (Wildman–Crippen LogP) is 0.551. The summed E-state index contributed by atoms with van der Waals surface area (Å²) in [6, 6.07) is 9.40. The third-order valence-corrected chi connectivity index (χ3v) is 1.79. The lowest BCUT2D eigenvalue weighted by Crippen LogP contribution is -2.41. The number of halogens is 1. The normalized spacial score (nSPS) is 10.8. The zero-order valence-electron chi connectivity index (χ0n) is 8.10. The van der Waals surface area contributed by atoms with E-state index in [-0.39, 0.29) is 25.4 Å². The second-order valence-electron chi connectivity index (χ2n) is 3.18. The van der Waals surface area contributed by atoms with Crippen molar-refractivity contribution in [2.75, 3.05) is 13.6 Å². The van der Waals surface area contributed by atoms with Crippen molar-refractivity contribution < 1.29 is 10.2 Å². The van der Waals surface area contributed by atoms with E-state index in [1.54, 1.807) is 7.05 Å². The van der Waals surface area contributed by atoms with E-state index in [1.807, 2.05) is 30.3 Å². The molecule has 1 aromatic rings. The van der Waals surface area contributed by atoms with Gasteiger partial charge >= 0.3 is 0 Å². The summed E-state index contributed by atoms with van der Waals surface area (Å²) < 4.78 is 0. The summed E-state index contributed by atoms with van der Waals surface area (Å²) >= 11 is 0. The second-order valence-corrected chi connectivity index (χ2v) is 3.18. The maximum atomic E-state index is 9.46. The molecular formula is C10H16ClNO2. The molecule has 1 aromatic carbocycles. The van der Waals surface area contributed by atoms with E-state index >= 15 is 0 Å². The van der Waals surface area contributed by atoms with E-state index in [9.17, 15) is 10.2 Å². The van der Waals surface area contributed by atoms with Crippen LogP contribution in [0.2, 0.25) is 0 Å². The summed E-state index contributed by atoms with van der Waals surface area (Å²) in [6.07, 6.45) is 0.245. The van der Waals surface area contributed by atoms with E-state index in [0.29, 0.717) is 0 Å². The minimum Gasteiger partial charge on any atom is -0.364 e. The van der Waals surface area contributed by atoms with Crippen molar-refractivity contribution in [2.45, 2.75) is 12.2 Å². The predicted molar refractivity (Wildman–Crippen MR) is 58.5 cm³/mol. The van der Waals surface area contributed by atoms with Gasteiger partial charge in [-0.15, -0.1) is 12.4 Å². The van der Waals surface area contributed by atoms with Crippen LogP contribution in [-0.2, 0) is 6.42 Å². The van der Waals surface area contributed by atoms with Crippen molar-refractivity contribution in [3.05, 3.63) is 35.9 Å². The molecule has 0 amide bonds. The molecule has 0 unspecified atom stereocenters. The van der Waals surface area contributed by atoms with Crippen molar-refractivity contribution in [1.82, 2.24) is 5.32 Å². The van der Waals surface area contributed by atoms with Crippen LogP contribution in [0, 0.1) is 0 Å². The number of hydrogen-bond donors (Lipinski definition) is 3. The molecule has 14 heavy (non-hydrogen) atoms. The van der Waals surface area contributed by atoms with Crippen LogP contribution >= 0.6 is 12.4 Å². The Balaban J connectivity index is 0.00000169. The highest BCUT2D eigenvalue weighted by molar-refractivity contribution is 5.85. The van der Waals surface area contributed by atoms with Gasteiger partial charge in [0, 0.05) is 13.0 Å². The molecule has 0 radical (unpaired) electrons. The van der Waals surface area contributed by atoms with Gasteiger partial charge in [0.2, 0.25) is 0 Å². The van der Waals surface area contributed by atoms with Gasteiger partial charge in [-0.1, -0.05) is 30.3 Å². The van der Waals surface area contributed by atoms with Gasteiger partial charge in [-0.2, -0.15) is 0 Å². The van der Waals surface area contributed by atoms with E-state index < -0.39 is 5.79 Å². The average molecular weight is 218 g/mol. The summed E-state index contributed by atoms with van der Waals surface area (Å²) in [6.45, 7) is 0.169. The second kappa shape index (κ2) is 5.98. The fourth-order valence-electron chi connectivity index (χ4n) is 1.27. The number of hydrogen-bond acceptors (Lipinski definition) is 3. The van der Waals surface area contributed by atoms with Crippen LogP contribution in [0.15, 0.2) is 30.3 Å². The Morgan fingerprint density at radius 3 is 2.29 bits per heavy atom. The summed E-state index contributed by atoms with van der Waals surface area (Å²) in [5.74, 6) is -1.66. The Hall–Kier alpha value is -0.610. The largest absolute Gasteiger partial charge is 0.364 e. The number of rotatable bonds is 4. The lowest BCUT2D eigenvalue weighted by Gasteiger charge is -2.21. The molecular weight excluding hydrogens is 202 g/mol. The zero-order chi connectivity index (χ0) is 9.73. The first-order chi connectivity index (χ1) is 6.14. The molecule has 0 aliphatic carbocycles. The van der Waals surface area contributed by atoms with Crippen molar-refractivity contribution in [2.24, 2.45) is 0 Å². The Morgan fingerprint density at radius 2 is 1.79 bits per heavy atom. The molecule has 0 bridgehead atoms. The molecule has 4 heteroatoms. The Bertz CT molecular complexity index is 252. The summed E-state index contributed by atoms with van der Waals surface area (Å²) in [5, 5.41) is 21.7. The highest BCUT2D eigenvalue weighted by Gasteiger charge is 2.21. The molecule has 0 fully saturated rings. The minimum atomic E-state index is -1.66. The SMILES string of the molecule is CNCC(O)(O)Cc1ccccc1.Cl. The van der Waals surface area contributed by atoms with Gasteiger partial charge in [-0.3, -0.25) is 0 Å². The first-order valence-corrected chi connectivity index (χ1v) is 4.27. The van der Waals surface area contributed by atoms with Crippen LogP contribution in [-0.4, -0.2) is 29.6 Å². The van der Waals surface area contributed by atoms with Crippen molar-refractivity contribution >= 4 is 12.4 Å². The fraction of sp³-hybridized carbons (Fsp3) is 0.400. The fourth-order valence-corrected chi connectivity index (χ4v) is 1.27. The molecule has 1 rings (SSSR count). The molecule has 0 aromatic heterocycles. The minimum absolute atomic E-state index is 0.